The molecule has 2 heterocycles. The lowest BCUT2D eigenvalue weighted by atomic mass is 9.99. The molecule has 0 fully saturated rings. The standard InChI is InChI=1S/C25H25N3O2S/c1-28(9-10-30-2)21-7-5-17-12-20(16-27-23(17)15-21)24(29)14-19-13-18(6-8-22(19)26)25-4-3-11-31-25/h3-8,11-13,15-16H,9-10,14,26H2,1-2H3. The van der Waals surface area contributed by atoms with Crippen molar-refractivity contribution in [2.24, 2.45) is 0 Å². The predicted molar refractivity (Wildman–Crippen MR) is 129 cm³/mol. The molecule has 0 unspecified atom stereocenters. The SMILES string of the molecule is COCCN(C)c1ccc2cc(C(=O)Cc3cc(-c4cccs4)ccc3N)cnc2c1. The monoisotopic (exact) mass is 431 g/mol. The maximum absolute atomic E-state index is 13.0. The second-order valence-electron chi connectivity index (χ2n) is 7.51. The molecule has 0 amide bonds. The predicted octanol–water partition coefficient (Wildman–Crippen LogP) is 5.05. The number of anilines is 2. The zero-order chi connectivity index (χ0) is 21.8. The summed E-state index contributed by atoms with van der Waals surface area (Å²) in [6, 6.07) is 17.9. The number of fused-ring (bicyclic) bond motifs is 1. The zero-order valence-electron chi connectivity index (χ0n) is 17.7. The summed E-state index contributed by atoms with van der Waals surface area (Å²) in [4.78, 5) is 20.8. The molecular weight excluding hydrogens is 406 g/mol. The van der Waals surface area contributed by atoms with Crippen molar-refractivity contribution in [3.05, 3.63) is 77.3 Å². The molecule has 0 spiro atoms. The van der Waals surface area contributed by atoms with E-state index in [4.69, 9.17) is 10.5 Å². The van der Waals surface area contributed by atoms with Crippen LogP contribution in [0.25, 0.3) is 21.3 Å². The lowest BCUT2D eigenvalue weighted by Gasteiger charge is -2.19. The van der Waals surface area contributed by atoms with Gasteiger partial charge in [-0.15, -0.1) is 11.3 Å². The number of nitrogens with zero attached hydrogens (tertiary/aromatic N) is 2. The van der Waals surface area contributed by atoms with Crippen LogP contribution in [0.1, 0.15) is 15.9 Å². The van der Waals surface area contributed by atoms with Gasteiger partial charge in [-0.25, -0.2) is 0 Å². The number of ketones is 1. The first-order valence-corrected chi connectivity index (χ1v) is 11.0. The highest BCUT2D eigenvalue weighted by Crippen LogP contribution is 2.28. The molecule has 2 aromatic heterocycles. The molecule has 2 aromatic carbocycles. The number of likely N-dealkylation sites (N-methyl/N-ethyl adjacent to an activating group) is 1. The number of ether oxygens (including phenoxy) is 1. The number of carbonyl (C=O) groups is 1. The normalized spacial score (nSPS) is 11.0. The third-order valence-corrected chi connectivity index (χ3v) is 6.28. The summed E-state index contributed by atoms with van der Waals surface area (Å²) in [5, 5.41) is 2.98. The van der Waals surface area contributed by atoms with Crippen molar-refractivity contribution in [2.75, 3.05) is 37.9 Å². The number of pyridine rings is 1. The maximum atomic E-state index is 13.0. The second-order valence-corrected chi connectivity index (χ2v) is 8.45. The summed E-state index contributed by atoms with van der Waals surface area (Å²) in [5.74, 6) is 0.00530. The minimum atomic E-state index is 0.00530. The van der Waals surface area contributed by atoms with E-state index in [0.29, 0.717) is 17.9 Å². The van der Waals surface area contributed by atoms with E-state index < -0.39 is 0 Å². The van der Waals surface area contributed by atoms with E-state index in [-0.39, 0.29) is 12.2 Å². The number of Topliss-reactive ketones (excluding diaryl/α,β-unsaturated/α-hetero) is 1. The number of thiophene rings is 1. The minimum absolute atomic E-state index is 0.00530. The lowest BCUT2D eigenvalue weighted by Crippen LogP contribution is -2.21. The van der Waals surface area contributed by atoms with Gasteiger partial charge >= 0.3 is 0 Å². The van der Waals surface area contributed by atoms with Gasteiger partial charge in [-0.1, -0.05) is 18.2 Å². The Hall–Kier alpha value is -3.22. The molecule has 5 nitrogen and oxygen atoms in total. The van der Waals surface area contributed by atoms with Gasteiger partial charge in [0.2, 0.25) is 0 Å². The van der Waals surface area contributed by atoms with Crippen LogP contribution in [-0.2, 0) is 11.2 Å². The summed E-state index contributed by atoms with van der Waals surface area (Å²) >= 11 is 1.67. The number of nitrogens with two attached hydrogens (primary N) is 1. The molecular formula is C25H25N3O2S. The summed E-state index contributed by atoms with van der Waals surface area (Å²) in [6.45, 7) is 1.46. The Labute approximate surface area is 186 Å². The highest BCUT2D eigenvalue weighted by atomic mass is 32.1. The highest BCUT2D eigenvalue weighted by molar-refractivity contribution is 7.13. The molecule has 6 heteroatoms. The van der Waals surface area contributed by atoms with Gasteiger partial charge in [-0.2, -0.15) is 0 Å². The molecule has 0 aliphatic carbocycles. The van der Waals surface area contributed by atoms with Crippen molar-refractivity contribution in [1.82, 2.24) is 4.98 Å². The summed E-state index contributed by atoms with van der Waals surface area (Å²) < 4.78 is 5.15. The second kappa shape index (κ2) is 9.29. The molecule has 0 atom stereocenters. The third-order valence-electron chi connectivity index (χ3n) is 5.36. The van der Waals surface area contributed by atoms with Gasteiger partial charge in [0.15, 0.2) is 5.78 Å². The summed E-state index contributed by atoms with van der Waals surface area (Å²) in [7, 11) is 3.72. The smallest absolute Gasteiger partial charge is 0.168 e. The van der Waals surface area contributed by atoms with Crippen LogP contribution in [0.3, 0.4) is 0 Å². The first kappa shape index (κ1) is 21.0. The fourth-order valence-corrected chi connectivity index (χ4v) is 4.21. The summed E-state index contributed by atoms with van der Waals surface area (Å²) in [5.41, 5.74) is 11.2. The van der Waals surface area contributed by atoms with Crippen LogP contribution in [0.15, 0.2) is 66.2 Å². The highest BCUT2D eigenvalue weighted by Gasteiger charge is 2.13. The maximum Gasteiger partial charge on any atom is 0.168 e. The Balaban J connectivity index is 1.55. The van der Waals surface area contributed by atoms with E-state index in [9.17, 15) is 4.79 Å². The number of methoxy groups -OCH3 is 1. The molecule has 0 aliphatic rings. The van der Waals surface area contributed by atoms with E-state index in [1.807, 2.05) is 61.0 Å². The van der Waals surface area contributed by atoms with Crippen molar-refractivity contribution < 1.29 is 9.53 Å². The number of hydrogen-bond acceptors (Lipinski definition) is 6. The first-order chi connectivity index (χ1) is 15.0. The largest absolute Gasteiger partial charge is 0.398 e. The molecule has 0 bridgehead atoms. The Morgan fingerprint density at radius 1 is 1.16 bits per heavy atom. The van der Waals surface area contributed by atoms with Crippen molar-refractivity contribution in [2.45, 2.75) is 6.42 Å². The Morgan fingerprint density at radius 2 is 2.03 bits per heavy atom. The number of nitrogen functional groups attached to an aromatic ring is 1. The zero-order valence-corrected chi connectivity index (χ0v) is 18.5. The fraction of sp³-hybridized carbons (Fsp3) is 0.200. The van der Waals surface area contributed by atoms with Crippen LogP contribution in [0.5, 0.6) is 0 Å². The molecule has 31 heavy (non-hydrogen) atoms. The molecule has 0 aliphatic heterocycles. The van der Waals surface area contributed by atoms with E-state index in [1.165, 1.54) is 0 Å². The topological polar surface area (TPSA) is 68.5 Å². The van der Waals surface area contributed by atoms with Crippen LogP contribution in [0.2, 0.25) is 0 Å². The molecule has 0 saturated heterocycles. The minimum Gasteiger partial charge on any atom is -0.398 e. The van der Waals surface area contributed by atoms with Crippen molar-refractivity contribution in [1.29, 1.82) is 0 Å². The van der Waals surface area contributed by atoms with E-state index in [0.717, 1.165) is 39.1 Å². The average molecular weight is 432 g/mol. The van der Waals surface area contributed by atoms with Gasteiger partial charge in [0, 0.05) is 60.5 Å². The molecule has 158 valence electrons. The molecule has 4 aromatic rings. The van der Waals surface area contributed by atoms with Crippen LogP contribution < -0.4 is 10.6 Å². The fourth-order valence-electron chi connectivity index (χ4n) is 3.49. The van der Waals surface area contributed by atoms with E-state index in [2.05, 4.69) is 16.0 Å². The van der Waals surface area contributed by atoms with Gasteiger partial charge in [-0.3, -0.25) is 9.78 Å². The van der Waals surface area contributed by atoms with E-state index in [1.54, 1.807) is 24.6 Å². The van der Waals surface area contributed by atoms with Crippen LogP contribution >= 0.6 is 11.3 Å². The summed E-state index contributed by atoms with van der Waals surface area (Å²) in [6.07, 6.45) is 1.90. The number of aromatic nitrogens is 1. The van der Waals surface area contributed by atoms with Gasteiger partial charge in [0.05, 0.1) is 12.1 Å². The molecule has 4 rings (SSSR count). The Kier molecular flexibility index (Phi) is 6.30. The number of benzene rings is 2. The number of carbonyl (C=O) groups excluding carboxylic acids is 1. The number of hydrogen-bond donors (Lipinski definition) is 1. The van der Waals surface area contributed by atoms with Gasteiger partial charge in [-0.05, 0) is 52.9 Å². The van der Waals surface area contributed by atoms with Crippen LogP contribution in [0.4, 0.5) is 11.4 Å². The first-order valence-electron chi connectivity index (χ1n) is 10.1. The van der Waals surface area contributed by atoms with Crippen molar-refractivity contribution in [3.63, 3.8) is 0 Å². The lowest BCUT2D eigenvalue weighted by molar-refractivity contribution is 0.0993. The van der Waals surface area contributed by atoms with Crippen molar-refractivity contribution in [3.8, 4) is 10.4 Å². The average Bonchev–Trinajstić information content (AvgIpc) is 3.33. The van der Waals surface area contributed by atoms with E-state index >= 15 is 0 Å². The van der Waals surface area contributed by atoms with Gasteiger partial charge in [0.25, 0.3) is 0 Å². The molecule has 0 saturated carbocycles. The molecule has 0 radical (unpaired) electrons. The number of rotatable bonds is 8. The van der Waals surface area contributed by atoms with Gasteiger partial charge < -0.3 is 15.4 Å². The van der Waals surface area contributed by atoms with Crippen LogP contribution in [0, 0.1) is 0 Å². The van der Waals surface area contributed by atoms with Crippen LogP contribution in [-0.4, -0.2) is 38.1 Å². The van der Waals surface area contributed by atoms with Crippen molar-refractivity contribution >= 4 is 39.4 Å². The molecule has 2 N–H and O–H groups in total. The Bertz CT molecular complexity index is 1200. The third kappa shape index (κ3) is 4.76. The van der Waals surface area contributed by atoms with Gasteiger partial charge in [0.1, 0.15) is 0 Å². The Morgan fingerprint density at radius 3 is 2.81 bits per heavy atom. The quantitative estimate of drug-likeness (QED) is 0.312.